The lowest BCUT2D eigenvalue weighted by Gasteiger charge is -2.32. The third-order valence-electron chi connectivity index (χ3n) is 2.71. The SMILES string of the molecule is COCC1CCNCC1NC(=O)OC(C)(C)C. The fraction of sp³-hybridized carbons (Fsp3) is 0.917. The zero-order valence-corrected chi connectivity index (χ0v) is 11.2. The molecule has 5 nitrogen and oxygen atoms in total. The molecule has 17 heavy (non-hydrogen) atoms. The van der Waals surface area contributed by atoms with Crippen molar-refractivity contribution >= 4 is 6.09 Å². The second-order valence-corrected chi connectivity index (χ2v) is 5.46. The molecule has 1 amide bonds. The molecule has 2 atom stereocenters. The van der Waals surface area contributed by atoms with E-state index in [1.165, 1.54) is 0 Å². The predicted octanol–water partition coefficient (Wildman–Crippen LogP) is 1.14. The number of carbonyl (C=O) groups is 1. The molecule has 0 aromatic carbocycles. The van der Waals surface area contributed by atoms with E-state index < -0.39 is 5.60 Å². The van der Waals surface area contributed by atoms with Gasteiger partial charge in [0, 0.05) is 25.6 Å². The highest BCUT2D eigenvalue weighted by atomic mass is 16.6. The number of nitrogens with one attached hydrogen (secondary N) is 2. The highest BCUT2D eigenvalue weighted by Gasteiger charge is 2.28. The molecule has 100 valence electrons. The molecule has 0 saturated carbocycles. The van der Waals surface area contributed by atoms with E-state index in [0.29, 0.717) is 12.5 Å². The summed E-state index contributed by atoms with van der Waals surface area (Å²) in [7, 11) is 1.69. The number of piperidine rings is 1. The zero-order valence-electron chi connectivity index (χ0n) is 11.2. The average Bonchev–Trinajstić information content (AvgIpc) is 2.18. The van der Waals surface area contributed by atoms with Gasteiger partial charge in [0.2, 0.25) is 0 Å². The highest BCUT2D eigenvalue weighted by molar-refractivity contribution is 5.68. The maximum absolute atomic E-state index is 11.7. The van der Waals surface area contributed by atoms with Crippen molar-refractivity contribution in [3.63, 3.8) is 0 Å². The van der Waals surface area contributed by atoms with Gasteiger partial charge in [-0.3, -0.25) is 0 Å². The van der Waals surface area contributed by atoms with Crippen LogP contribution in [0, 0.1) is 5.92 Å². The van der Waals surface area contributed by atoms with Gasteiger partial charge >= 0.3 is 6.09 Å². The number of rotatable bonds is 3. The monoisotopic (exact) mass is 244 g/mol. The molecule has 1 heterocycles. The first-order valence-corrected chi connectivity index (χ1v) is 6.11. The third-order valence-corrected chi connectivity index (χ3v) is 2.71. The first-order valence-electron chi connectivity index (χ1n) is 6.11. The maximum atomic E-state index is 11.7. The Morgan fingerprint density at radius 3 is 2.76 bits per heavy atom. The van der Waals surface area contributed by atoms with Crippen LogP contribution in [0.3, 0.4) is 0 Å². The largest absolute Gasteiger partial charge is 0.444 e. The number of hydrogen-bond donors (Lipinski definition) is 2. The van der Waals surface area contributed by atoms with Crippen LogP contribution in [0.2, 0.25) is 0 Å². The smallest absolute Gasteiger partial charge is 0.407 e. The van der Waals surface area contributed by atoms with Crippen LogP contribution in [0.5, 0.6) is 0 Å². The Kier molecular flexibility index (Phi) is 5.21. The van der Waals surface area contributed by atoms with E-state index in [0.717, 1.165) is 19.5 Å². The molecule has 2 N–H and O–H groups in total. The number of ether oxygens (including phenoxy) is 2. The summed E-state index contributed by atoms with van der Waals surface area (Å²) in [5.74, 6) is 0.355. The topological polar surface area (TPSA) is 59.6 Å². The molecule has 0 radical (unpaired) electrons. The molecule has 5 heteroatoms. The van der Waals surface area contributed by atoms with E-state index in [2.05, 4.69) is 10.6 Å². The van der Waals surface area contributed by atoms with E-state index >= 15 is 0 Å². The Balaban J connectivity index is 2.44. The maximum Gasteiger partial charge on any atom is 0.407 e. The van der Waals surface area contributed by atoms with Crippen LogP contribution in [0.1, 0.15) is 27.2 Å². The van der Waals surface area contributed by atoms with Gasteiger partial charge in [-0.25, -0.2) is 4.79 Å². The van der Waals surface area contributed by atoms with E-state index in [1.807, 2.05) is 20.8 Å². The van der Waals surface area contributed by atoms with Crippen molar-refractivity contribution in [3.05, 3.63) is 0 Å². The predicted molar refractivity (Wildman–Crippen MR) is 66.0 cm³/mol. The second-order valence-electron chi connectivity index (χ2n) is 5.46. The van der Waals surface area contributed by atoms with Crippen molar-refractivity contribution in [2.45, 2.75) is 38.8 Å². The Labute approximate surface area is 103 Å². The van der Waals surface area contributed by atoms with Gasteiger partial charge in [0.05, 0.1) is 6.61 Å². The third kappa shape index (κ3) is 5.37. The van der Waals surface area contributed by atoms with Crippen LogP contribution in [-0.4, -0.2) is 44.5 Å². The molecule has 0 bridgehead atoms. The lowest BCUT2D eigenvalue weighted by Crippen LogP contribution is -2.53. The molecule has 0 spiro atoms. The first-order chi connectivity index (χ1) is 7.92. The summed E-state index contributed by atoms with van der Waals surface area (Å²) in [6, 6.07) is 0.0820. The Hall–Kier alpha value is -0.810. The van der Waals surface area contributed by atoms with Gasteiger partial charge in [-0.15, -0.1) is 0 Å². The van der Waals surface area contributed by atoms with Crippen molar-refractivity contribution < 1.29 is 14.3 Å². The molecule has 0 aliphatic carbocycles. The molecule has 1 rings (SSSR count). The molecule has 0 aromatic heterocycles. The first kappa shape index (κ1) is 14.3. The molecule has 1 aliphatic rings. The molecular weight excluding hydrogens is 220 g/mol. The minimum Gasteiger partial charge on any atom is -0.444 e. The Bertz CT molecular complexity index is 249. The summed E-state index contributed by atoms with van der Waals surface area (Å²) in [6.07, 6.45) is 0.654. The van der Waals surface area contributed by atoms with Crippen LogP contribution in [-0.2, 0) is 9.47 Å². The highest BCUT2D eigenvalue weighted by Crippen LogP contribution is 2.14. The quantitative estimate of drug-likeness (QED) is 0.781. The van der Waals surface area contributed by atoms with Crippen molar-refractivity contribution in [3.8, 4) is 0 Å². The summed E-state index contributed by atoms with van der Waals surface area (Å²) < 4.78 is 10.4. The van der Waals surface area contributed by atoms with E-state index in [9.17, 15) is 4.79 Å². The lowest BCUT2D eigenvalue weighted by molar-refractivity contribution is 0.0436. The summed E-state index contributed by atoms with van der Waals surface area (Å²) >= 11 is 0. The van der Waals surface area contributed by atoms with Gasteiger partial charge in [0.15, 0.2) is 0 Å². The fourth-order valence-corrected chi connectivity index (χ4v) is 1.95. The van der Waals surface area contributed by atoms with Crippen LogP contribution in [0.4, 0.5) is 4.79 Å². The zero-order chi connectivity index (χ0) is 12.9. The molecule has 2 unspecified atom stereocenters. The van der Waals surface area contributed by atoms with Crippen molar-refractivity contribution in [2.75, 3.05) is 26.8 Å². The lowest BCUT2D eigenvalue weighted by atomic mass is 9.94. The average molecular weight is 244 g/mol. The summed E-state index contributed by atoms with van der Waals surface area (Å²) in [5.41, 5.74) is -0.455. The van der Waals surface area contributed by atoms with Crippen molar-refractivity contribution in [2.24, 2.45) is 5.92 Å². The molecule has 1 saturated heterocycles. The van der Waals surface area contributed by atoms with Crippen molar-refractivity contribution in [1.29, 1.82) is 0 Å². The van der Waals surface area contributed by atoms with Crippen LogP contribution in [0.25, 0.3) is 0 Å². The number of amides is 1. The van der Waals surface area contributed by atoms with E-state index in [-0.39, 0.29) is 12.1 Å². The number of alkyl carbamates (subject to hydrolysis) is 1. The van der Waals surface area contributed by atoms with Gasteiger partial charge < -0.3 is 20.1 Å². The summed E-state index contributed by atoms with van der Waals surface area (Å²) in [4.78, 5) is 11.7. The Morgan fingerprint density at radius 1 is 1.47 bits per heavy atom. The van der Waals surface area contributed by atoms with E-state index in [4.69, 9.17) is 9.47 Å². The van der Waals surface area contributed by atoms with Gasteiger partial charge in [0.25, 0.3) is 0 Å². The Morgan fingerprint density at radius 2 is 2.18 bits per heavy atom. The molecule has 0 aromatic rings. The van der Waals surface area contributed by atoms with Crippen LogP contribution in [0.15, 0.2) is 0 Å². The number of carbonyl (C=O) groups excluding carboxylic acids is 1. The van der Waals surface area contributed by atoms with Gasteiger partial charge in [-0.1, -0.05) is 0 Å². The molecule has 1 fully saturated rings. The molecule has 1 aliphatic heterocycles. The van der Waals surface area contributed by atoms with Gasteiger partial charge in [-0.05, 0) is 33.7 Å². The van der Waals surface area contributed by atoms with Crippen molar-refractivity contribution in [1.82, 2.24) is 10.6 Å². The number of hydrogen-bond acceptors (Lipinski definition) is 4. The molecular formula is C12H24N2O3. The fourth-order valence-electron chi connectivity index (χ4n) is 1.95. The van der Waals surface area contributed by atoms with Gasteiger partial charge in [-0.2, -0.15) is 0 Å². The summed E-state index contributed by atoms with van der Waals surface area (Å²) in [5, 5.41) is 6.17. The minimum atomic E-state index is -0.455. The minimum absolute atomic E-state index is 0.0820. The van der Waals surface area contributed by atoms with Crippen LogP contribution < -0.4 is 10.6 Å². The normalized spacial score (nSPS) is 25.4. The second kappa shape index (κ2) is 6.21. The summed E-state index contributed by atoms with van der Waals surface area (Å²) in [6.45, 7) is 7.99. The standard InChI is InChI=1S/C12H24N2O3/c1-12(2,3)17-11(15)14-10-7-13-6-5-9(10)8-16-4/h9-10,13H,5-8H2,1-4H3,(H,14,15). The van der Waals surface area contributed by atoms with E-state index in [1.54, 1.807) is 7.11 Å². The number of methoxy groups -OCH3 is 1. The van der Waals surface area contributed by atoms with Gasteiger partial charge in [0.1, 0.15) is 5.60 Å². The van der Waals surface area contributed by atoms with Crippen LogP contribution >= 0.6 is 0 Å².